The summed E-state index contributed by atoms with van der Waals surface area (Å²) in [7, 11) is 0. The van der Waals surface area contributed by atoms with E-state index in [0.717, 1.165) is 12.2 Å². The van der Waals surface area contributed by atoms with Gasteiger partial charge in [0.15, 0.2) is 0 Å². The summed E-state index contributed by atoms with van der Waals surface area (Å²) in [5.74, 6) is 0. The van der Waals surface area contributed by atoms with Crippen molar-refractivity contribution < 1.29 is 0 Å². The molecule has 0 aliphatic rings. The van der Waals surface area contributed by atoms with Gasteiger partial charge in [-0.3, -0.25) is 4.79 Å². The Balaban J connectivity index is 1.86. The van der Waals surface area contributed by atoms with E-state index in [1.54, 1.807) is 11.3 Å². The first kappa shape index (κ1) is 12.0. The van der Waals surface area contributed by atoms with Gasteiger partial charge in [0.25, 0.3) is 0 Å². The number of nitrogens with one attached hydrogen (secondary N) is 2. The topological polar surface area (TPSA) is 44.9 Å². The molecule has 0 bridgehead atoms. The molecule has 2 rings (SSSR count). The Labute approximate surface area is 110 Å². The summed E-state index contributed by atoms with van der Waals surface area (Å²) in [6, 6.07) is 2.13. The van der Waals surface area contributed by atoms with Crippen LogP contribution >= 0.6 is 38.6 Å². The van der Waals surface area contributed by atoms with Gasteiger partial charge < -0.3 is 10.3 Å². The number of thiazole rings is 1. The molecule has 2 heterocycles. The largest absolute Gasteiger partial charge is 0.315 e. The van der Waals surface area contributed by atoms with E-state index in [-0.39, 0.29) is 4.87 Å². The van der Waals surface area contributed by atoms with Crippen molar-refractivity contribution in [1.29, 1.82) is 0 Å². The molecule has 0 aliphatic carbocycles. The summed E-state index contributed by atoms with van der Waals surface area (Å²) in [4.78, 5) is 16.3. The maximum atomic E-state index is 10.9. The third-order valence-corrected chi connectivity index (χ3v) is 4.95. The Morgan fingerprint density at radius 1 is 1.50 bits per heavy atom. The maximum Gasteiger partial charge on any atom is 0.304 e. The molecule has 2 aromatic heterocycles. The Morgan fingerprint density at radius 3 is 2.88 bits per heavy atom. The molecule has 0 spiro atoms. The number of aryl methyl sites for hydroxylation is 1. The lowest BCUT2D eigenvalue weighted by Crippen LogP contribution is -2.12. The van der Waals surface area contributed by atoms with Crippen LogP contribution in [0.15, 0.2) is 20.7 Å². The molecule has 0 unspecified atom stereocenters. The molecule has 2 aromatic rings. The van der Waals surface area contributed by atoms with E-state index in [4.69, 9.17) is 0 Å². The number of rotatable bonds is 4. The molecule has 0 saturated carbocycles. The third kappa shape index (κ3) is 3.04. The fourth-order valence-corrected chi connectivity index (χ4v) is 3.48. The van der Waals surface area contributed by atoms with Gasteiger partial charge in [-0.15, -0.1) is 11.3 Å². The number of aromatic amines is 1. The summed E-state index contributed by atoms with van der Waals surface area (Å²) in [6.45, 7) is 3.62. The lowest BCUT2D eigenvalue weighted by Gasteiger charge is -1.99. The number of H-pyrrole nitrogens is 1. The molecule has 0 aromatic carbocycles. The van der Waals surface area contributed by atoms with E-state index in [1.807, 2.05) is 5.38 Å². The Morgan fingerprint density at radius 2 is 2.31 bits per heavy atom. The zero-order valence-electron chi connectivity index (χ0n) is 8.67. The van der Waals surface area contributed by atoms with Crippen molar-refractivity contribution in [1.82, 2.24) is 10.3 Å². The van der Waals surface area contributed by atoms with Gasteiger partial charge in [-0.2, -0.15) is 0 Å². The highest BCUT2D eigenvalue weighted by Crippen LogP contribution is 2.26. The van der Waals surface area contributed by atoms with Crippen LogP contribution in [-0.2, 0) is 13.1 Å². The zero-order chi connectivity index (χ0) is 11.5. The van der Waals surface area contributed by atoms with Crippen LogP contribution in [0, 0.1) is 6.92 Å². The number of hydrogen-bond donors (Lipinski definition) is 2. The highest BCUT2D eigenvalue weighted by molar-refractivity contribution is 9.10. The fourth-order valence-electron chi connectivity index (χ4n) is 1.33. The van der Waals surface area contributed by atoms with Crippen LogP contribution in [0.4, 0.5) is 0 Å². The molecular weight excluding hydrogens is 308 g/mol. The van der Waals surface area contributed by atoms with E-state index < -0.39 is 0 Å². The van der Waals surface area contributed by atoms with Crippen LogP contribution in [0.3, 0.4) is 0 Å². The lowest BCUT2D eigenvalue weighted by atomic mass is 10.4. The molecule has 2 N–H and O–H groups in total. The van der Waals surface area contributed by atoms with Crippen LogP contribution in [0.5, 0.6) is 0 Å². The van der Waals surface area contributed by atoms with Gasteiger partial charge in [0, 0.05) is 38.4 Å². The van der Waals surface area contributed by atoms with Crippen molar-refractivity contribution in [3.05, 3.63) is 41.0 Å². The van der Waals surface area contributed by atoms with Crippen molar-refractivity contribution >= 4 is 38.6 Å². The van der Waals surface area contributed by atoms with Gasteiger partial charge in [-0.05, 0) is 28.9 Å². The van der Waals surface area contributed by atoms with E-state index >= 15 is 0 Å². The SMILES string of the molecule is Cc1sc(CNCc2csc(=O)[nH]2)cc1Br. The predicted molar refractivity (Wildman–Crippen MR) is 72.2 cm³/mol. The van der Waals surface area contributed by atoms with Gasteiger partial charge in [-0.25, -0.2) is 0 Å². The third-order valence-electron chi connectivity index (χ3n) is 2.09. The minimum absolute atomic E-state index is 0.00603. The van der Waals surface area contributed by atoms with E-state index in [1.165, 1.54) is 25.6 Å². The molecule has 0 fully saturated rings. The molecule has 0 atom stereocenters. The summed E-state index contributed by atoms with van der Waals surface area (Å²) in [5.41, 5.74) is 0.947. The predicted octanol–water partition coefficient (Wildman–Crippen LogP) is 2.86. The lowest BCUT2D eigenvalue weighted by molar-refractivity contribution is 0.688. The van der Waals surface area contributed by atoms with Crippen molar-refractivity contribution in [3.8, 4) is 0 Å². The number of hydrogen-bond acceptors (Lipinski definition) is 4. The van der Waals surface area contributed by atoms with Crippen LogP contribution in [-0.4, -0.2) is 4.98 Å². The number of aromatic nitrogens is 1. The van der Waals surface area contributed by atoms with Crippen molar-refractivity contribution in [2.24, 2.45) is 0 Å². The molecule has 6 heteroatoms. The highest BCUT2D eigenvalue weighted by Gasteiger charge is 2.02. The highest BCUT2D eigenvalue weighted by atomic mass is 79.9. The second kappa shape index (κ2) is 5.27. The van der Waals surface area contributed by atoms with E-state index in [0.29, 0.717) is 6.54 Å². The average Bonchev–Trinajstić information content (AvgIpc) is 2.75. The molecule has 16 heavy (non-hydrogen) atoms. The summed E-state index contributed by atoms with van der Waals surface area (Å²) in [6.07, 6.45) is 0. The van der Waals surface area contributed by atoms with Crippen molar-refractivity contribution in [2.75, 3.05) is 0 Å². The summed E-state index contributed by atoms with van der Waals surface area (Å²) < 4.78 is 1.17. The maximum absolute atomic E-state index is 10.9. The van der Waals surface area contributed by atoms with Crippen LogP contribution in [0.2, 0.25) is 0 Å². The zero-order valence-corrected chi connectivity index (χ0v) is 11.9. The van der Waals surface area contributed by atoms with Crippen LogP contribution in [0.25, 0.3) is 0 Å². The first-order valence-electron chi connectivity index (χ1n) is 4.77. The average molecular weight is 319 g/mol. The number of thiophene rings is 1. The minimum atomic E-state index is 0.00603. The smallest absolute Gasteiger partial charge is 0.304 e. The van der Waals surface area contributed by atoms with E-state index in [9.17, 15) is 4.79 Å². The molecule has 0 radical (unpaired) electrons. The first-order chi connectivity index (χ1) is 7.65. The molecular formula is C10H11BrN2OS2. The van der Waals surface area contributed by atoms with Crippen LogP contribution in [0.1, 0.15) is 15.4 Å². The summed E-state index contributed by atoms with van der Waals surface area (Å²) in [5, 5.41) is 5.15. The second-order valence-electron chi connectivity index (χ2n) is 3.39. The second-order valence-corrected chi connectivity index (χ2v) is 6.43. The van der Waals surface area contributed by atoms with Gasteiger partial charge in [0.05, 0.1) is 0 Å². The van der Waals surface area contributed by atoms with Crippen molar-refractivity contribution in [2.45, 2.75) is 20.0 Å². The Bertz CT molecular complexity index is 509. The van der Waals surface area contributed by atoms with Gasteiger partial charge in [0.2, 0.25) is 0 Å². The standard InChI is InChI=1S/C10H11BrN2OS2/c1-6-9(11)2-8(16-6)4-12-3-7-5-15-10(14)13-7/h2,5,12H,3-4H2,1H3,(H,13,14). The Hall–Kier alpha value is -0.430. The first-order valence-corrected chi connectivity index (χ1v) is 7.26. The van der Waals surface area contributed by atoms with E-state index in [2.05, 4.69) is 39.2 Å². The molecule has 0 amide bonds. The van der Waals surface area contributed by atoms with Gasteiger partial charge in [0.1, 0.15) is 0 Å². The van der Waals surface area contributed by atoms with Crippen LogP contribution < -0.4 is 10.2 Å². The van der Waals surface area contributed by atoms with Gasteiger partial charge in [-0.1, -0.05) is 11.3 Å². The monoisotopic (exact) mass is 318 g/mol. The minimum Gasteiger partial charge on any atom is -0.315 e. The Kier molecular flexibility index (Phi) is 3.96. The number of halogens is 1. The molecule has 86 valence electrons. The molecule has 3 nitrogen and oxygen atoms in total. The normalized spacial score (nSPS) is 10.9. The van der Waals surface area contributed by atoms with Crippen molar-refractivity contribution in [3.63, 3.8) is 0 Å². The quantitative estimate of drug-likeness (QED) is 0.910. The molecule has 0 saturated heterocycles. The fraction of sp³-hybridized carbons (Fsp3) is 0.300. The summed E-state index contributed by atoms with van der Waals surface area (Å²) >= 11 is 6.47. The van der Waals surface area contributed by atoms with Gasteiger partial charge >= 0.3 is 4.87 Å². The molecule has 0 aliphatic heterocycles.